The summed E-state index contributed by atoms with van der Waals surface area (Å²) in [5.41, 5.74) is 4.23. The van der Waals surface area contributed by atoms with Gasteiger partial charge in [0.05, 0.1) is 0 Å². The van der Waals surface area contributed by atoms with Gasteiger partial charge in [0.2, 0.25) is 0 Å². The summed E-state index contributed by atoms with van der Waals surface area (Å²) in [4.78, 5) is 10.6. The number of H-pyrrole nitrogens is 1. The number of benzene rings is 1. The van der Waals surface area contributed by atoms with Gasteiger partial charge < -0.3 is 20.4 Å². The van der Waals surface area contributed by atoms with Crippen LogP contribution in [0.5, 0.6) is 0 Å². The smallest absolute Gasteiger partial charge is 0.191 e. The number of aryl methyl sites for hydroxylation is 1. The molecule has 0 saturated carbocycles. The molecule has 2 aromatic rings. The minimum Gasteiger partial charge on any atom is -0.381 e. The van der Waals surface area contributed by atoms with Gasteiger partial charge in [-0.1, -0.05) is 25.1 Å². The summed E-state index contributed by atoms with van der Waals surface area (Å²) < 4.78 is 5.67. The molecule has 6 nitrogen and oxygen atoms in total. The van der Waals surface area contributed by atoms with E-state index in [9.17, 15) is 0 Å². The quantitative estimate of drug-likeness (QED) is 0.285. The minimum absolute atomic E-state index is 0. The third-order valence-corrected chi connectivity index (χ3v) is 6.96. The van der Waals surface area contributed by atoms with Crippen molar-refractivity contribution in [3.8, 4) is 0 Å². The first kappa shape index (κ1) is 24.3. The highest BCUT2D eigenvalue weighted by Gasteiger charge is 2.39. The fourth-order valence-electron chi connectivity index (χ4n) is 5.11. The lowest BCUT2D eigenvalue weighted by molar-refractivity contribution is -0.0164. The van der Waals surface area contributed by atoms with Gasteiger partial charge in [-0.05, 0) is 62.7 Å². The number of fused-ring (bicyclic) bond motifs is 1. The molecule has 0 atom stereocenters. The first-order valence-electron chi connectivity index (χ1n) is 11.6. The molecule has 0 aliphatic carbocycles. The van der Waals surface area contributed by atoms with Gasteiger partial charge in [-0.15, -0.1) is 24.0 Å². The van der Waals surface area contributed by atoms with Crippen LogP contribution in [0.4, 0.5) is 0 Å². The number of para-hydroxylation sites is 1. The molecule has 0 bridgehead atoms. The largest absolute Gasteiger partial charge is 0.381 e. The number of rotatable bonds is 7. The molecule has 4 rings (SSSR count). The van der Waals surface area contributed by atoms with E-state index in [0.717, 1.165) is 57.9 Å². The summed E-state index contributed by atoms with van der Waals surface area (Å²) in [5.74, 6) is 0.897. The van der Waals surface area contributed by atoms with Crippen molar-refractivity contribution in [2.75, 3.05) is 46.4 Å². The lowest BCUT2D eigenvalue weighted by Crippen LogP contribution is -2.58. The molecule has 0 unspecified atom stereocenters. The van der Waals surface area contributed by atoms with Gasteiger partial charge >= 0.3 is 0 Å². The number of aromatic amines is 1. The maximum Gasteiger partial charge on any atom is 0.191 e. The maximum atomic E-state index is 5.67. The van der Waals surface area contributed by atoms with Gasteiger partial charge in [0.1, 0.15) is 0 Å². The second kappa shape index (κ2) is 11.5. The third kappa shape index (κ3) is 5.54. The Morgan fingerprint density at radius 3 is 2.65 bits per heavy atom. The Morgan fingerprint density at radius 1 is 1.16 bits per heavy atom. The van der Waals surface area contributed by atoms with Crippen LogP contribution in [0.1, 0.15) is 43.7 Å². The van der Waals surface area contributed by atoms with E-state index in [4.69, 9.17) is 4.74 Å². The Morgan fingerprint density at radius 2 is 1.94 bits per heavy atom. The second-order valence-corrected chi connectivity index (χ2v) is 8.64. The van der Waals surface area contributed by atoms with Crippen molar-refractivity contribution < 1.29 is 4.74 Å². The predicted molar refractivity (Wildman–Crippen MR) is 140 cm³/mol. The van der Waals surface area contributed by atoms with Crippen molar-refractivity contribution in [2.45, 2.75) is 51.0 Å². The molecular weight excluding hydrogens is 501 g/mol. The topological polar surface area (TPSA) is 64.7 Å². The van der Waals surface area contributed by atoms with Gasteiger partial charge in [-0.25, -0.2) is 0 Å². The van der Waals surface area contributed by atoms with Crippen LogP contribution in [-0.4, -0.2) is 67.8 Å². The lowest BCUT2D eigenvalue weighted by atomic mass is 9.88. The molecule has 1 aromatic heterocycles. The van der Waals surface area contributed by atoms with Gasteiger partial charge in [0, 0.05) is 56.0 Å². The number of halogens is 1. The number of nitrogens with one attached hydrogen (secondary N) is 3. The van der Waals surface area contributed by atoms with E-state index in [1.807, 2.05) is 7.05 Å². The zero-order chi connectivity index (χ0) is 20.8. The molecule has 172 valence electrons. The predicted octanol–water partition coefficient (Wildman–Crippen LogP) is 3.70. The van der Waals surface area contributed by atoms with E-state index in [0.29, 0.717) is 0 Å². The van der Waals surface area contributed by atoms with Crippen LogP contribution in [-0.2, 0) is 17.6 Å². The van der Waals surface area contributed by atoms with Crippen LogP contribution in [0, 0.1) is 0 Å². The summed E-state index contributed by atoms with van der Waals surface area (Å²) in [5, 5.41) is 8.49. The average molecular weight is 540 g/mol. The van der Waals surface area contributed by atoms with Crippen LogP contribution in [0.25, 0.3) is 10.9 Å². The van der Waals surface area contributed by atoms with Gasteiger partial charge in [-0.2, -0.15) is 0 Å². The first-order chi connectivity index (χ1) is 14.8. The van der Waals surface area contributed by atoms with Crippen molar-refractivity contribution in [3.05, 3.63) is 35.5 Å². The van der Waals surface area contributed by atoms with Crippen molar-refractivity contribution >= 4 is 40.8 Å². The monoisotopic (exact) mass is 539 g/mol. The number of guanidine groups is 1. The van der Waals surface area contributed by atoms with Crippen LogP contribution < -0.4 is 10.6 Å². The summed E-state index contributed by atoms with van der Waals surface area (Å²) in [6, 6.07) is 6.59. The van der Waals surface area contributed by atoms with Crippen molar-refractivity contribution in [3.63, 3.8) is 0 Å². The number of aromatic nitrogens is 1. The Bertz CT molecular complexity index is 853. The Kier molecular flexibility index (Phi) is 9.04. The fourth-order valence-corrected chi connectivity index (χ4v) is 5.11. The van der Waals surface area contributed by atoms with Crippen LogP contribution in [0.2, 0.25) is 0 Å². The van der Waals surface area contributed by atoms with Crippen LogP contribution in [0.15, 0.2) is 29.4 Å². The first-order valence-corrected chi connectivity index (χ1v) is 11.6. The zero-order valence-electron chi connectivity index (χ0n) is 19.0. The molecule has 0 spiro atoms. The van der Waals surface area contributed by atoms with Crippen molar-refractivity contribution in [1.82, 2.24) is 20.5 Å². The van der Waals surface area contributed by atoms with Gasteiger partial charge in [-0.3, -0.25) is 9.89 Å². The molecule has 2 aliphatic heterocycles. The number of aliphatic imine (C=N–C) groups is 1. The lowest BCUT2D eigenvalue weighted by Gasteiger charge is -2.45. The summed E-state index contributed by atoms with van der Waals surface area (Å²) in [6.45, 7) is 8.17. The SMILES string of the molecule is CCc1cccc2c(CCNC(=NC)NCC3(N4CCCC4)CCOCC3)c[nH]c12.I. The molecule has 3 heterocycles. The fraction of sp³-hybridized carbons (Fsp3) is 0.625. The Hall–Kier alpha value is -1.32. The molecule has 0 radical (unpaired) electrons. The van der Waals surface area contributed by atoms with Gasteiger partial charge in [0.15, 0.2) is 5.96 Å². The van der Waals surface area contributed by atoms with E-state index < -0.39 is 0 Å². The van der Waals surface area contributed by atoms with E-state index in [1.54, 1.807) is 0 Å². The van der Waals surface area contributed by atoms with Crippen LogP contribution >= 0.6 is 24.0 Å². The summed E-state index contributed by atoms with van der Waals surface area (Å²) in [7, 11) is 1.86. The van der Waals surface area contributed by atoms with E-state index in [1.165, 1.54) is 48.0 Å². The number of nitrogens with zero attached hydrogens (tertiary/aromatic N) is 2. The highest BCUT2D eigenvalue weighted by atomic mass is 127. The summed E-state index contributed by atoms with van der Waals surface area (Å²) in [6.07, 6.45) is 9.03. The second-order valence-electron chi connectivity index (χ2n) is 8.64. The number of hydrogen-bond donors (Lipinski definition) is 3. The maximum absolute atomic E-state index is 5.67. The molecule has 1 aromatic carbocycles. The molecular formula is C24H38IN5O. The molecule has 2 aliphatic rings. The highest BCUT2D eigenvalue weighted by molar-refractivity contribution is 14.0. The average Bonchev–Trinajstić information content (AvgIpc) is 3.47. The standard InChI is InChI=1S/C24H37N5O.HI/c1-3-19-7-6-8-21-20(17-27-22(19)21)9-12-26-23(25-2)28-18-24(10-15-30-16-11-24)29-13-4-5-14-29;/h6-8,17,27H,3-5,9-16,18H2,1-2H3,(H2,25,26,28);1H. The Labute approximate surface area is 203 Å². The molecule has 2 saturated heterocycles. The normalized spacial score (nSPS) is 19.4. The third-order valence-electron chi connectivity index (χ3n) is 6.96. The van der Waals surface area contributed by atoms with E-state index >= 15 is 0 Å². The number of ether oxygens (including phenoxy) is 1. The molecule has 3 N–H and O–H groups in total. The number of hydrogen-bond acceptors (Lipinski definition) is 3. The van der Waals surface area contributed by atoms with E-state index in [-0.39, 0.29) is 29.5 Å². The van der Waals surface area contributed by atoms with Gasteiger partial charge in [0.25, 0.3) is 0 Å². The van der Waals surface area contributed by atoms with E-state index in [2.05, 4.69) is 56.8 Å². The molecule has 2 fully saturated rings. The Balaban J connectivity index is 0.00000272. The number of likely N-dealkylation sites (tertiary alicyclic amines) is 1. The molecule has 0 amide bonds. The van der Waals surface area contributed by atoms with Crippen molar-refractivity contribution in [1.29, 1.82) is 0 Å². The highest BCUT2D eigenvalue weighted by Crippen LogP contribution is 2.30. The minimum atomic E-state index is 0. The molecule has 31 heavy (non-hydrogen) atoms. The zero-order valence-corrected chi connectivity index (χ0v) is 21.3. The molecule has 7 heteroatoms. The van der Waals surface area contributed by atoms with Crippen LogP contribution in [0.3, 0.4) is 0 Å². The van der Waals surface area contributed by atoms with Crippen molar-refractivity contribution in [2.24, 2.45) is 4.99 Å². The summed E-state index contributed by atoms with van der Waals surface area (Å²) >= 11 is 0.